The van der Waals surface area contributed by atoms with E-state index in [1.54, 1.807) is 20.8 Å². The number of likely N-dealkylation sites (N-methyl/N-ethyl adjacent to an activating group) is 1. The number of hydrogen-bond acceptors (Lipinski definition) is 17. The van der Waals surface area contributed by atoms with Crippen LogP contribution in [-0.2, 0) is 65.6 Å². The number of phenolic OH excluding ortho intramolecular Hbond substituents is 1. The quantitative estimate of drug-likeness (QED) is 0.0385. The number of aliphatic hydroxyl groups excluding tert-OH is 1. The van der Waals surface area contributed by atoms with Gasteiger partial charge in [0.15, 0.2) is 5.96 Å². The molecule has 1 aliphatic rings. The van der Waals surface area contributed by atoms with Crippen LogP contribution in [0.3, 0.4) is 0 Å². The van der Waals surface area contributed by atoms with Gasteiger partial charge in [-0.25, -0.2) is 4.98 Å². The molecule has 1 aliphatic heterocycles. The van der Waals surface area contributed by atoms with E-state index in [-0.39, 0.29) is 62.0 Å². The lowest BCUT2D eigenvalue weighted by Crippen LogP contribution is -2.59. The molecule has 2 heterocycles. The Morgan fingerprint density at radius 1 is 0.753 bits per heavy atom. The molecule has 0 aliphatic carbocycles. The lowest BCUT2D eigenvalue weighted by atomic mass is 10.0. The van der Waals surface area contributed by atoms with Gasteiger partial charge in [0.05, 0.1) is 26.0 Å². The Hall–Kier alpha value is -7.67. The maximum Gasteiger partial charge on any atom is 0.245 e. The number of aromatic nitrogens is 2. The maximum atomic E-state index is 13.9. The van der Waals surface area contributed by atoms with Crippen molar-refractivity contribution in [3.05, 3.63) is 48.0 Å². The minimum atomic E-state index is -1.69. The summed E-state index contributed by atoms with van der Waals surface area (Å²) in [4.78, 5) is 159. The third kappa shape index (κ3) is 23.0. The highest BCUT2D eigenvalue weighted by Crippen LogP contribution is 2.24. The molecule has 1 saturated heterocycles. The zero-order valence-corrected chi connectivity index (χ0v) is 44.8. The number of aromatic hydroxyl groups is 1. The topological polar surface area (TPSA) is 454 Å². The lowest BCUT2D eigenvalue weighted by Gasteiger charge is -2.26. The molecule has 0 saturated carbocycles. The van der Waals surface area contributed by atoms with E-state index < -0.39 is 139 Å². The number of carbonyl (C=O) groups excluding carboxylic acids is 11. The molecule has 1 aromatic heterocycles. The number of phenols is 1. The highest BCUT2D eigenvalue weighted by molar-refractivity contribution is 8.76. The number of hydrogen-bond donors (Lipinski definition) is 16. The molecule has 8 atom stereocenters. The predicted octanol–water partition coefficient (Wildman–Crippen LogP) is -5.72. The van der Waals surface area contributed by atoms with Crippen LogP contribution >= 0.6 is 21.6 Å². The third-order valence-electron chi connectivity index (χ3n) is 11.1. The van der Waals surface area contributed by atoms with Crippen LogP contribution in [0.25, 0.3) is 0 Å². The number of aliphatic hydroxyl groups is 1. The van der Waals surface area contributed by atoms with E-state index in [1.807, 2.05) is 0 Å². The number of benzene rings is 1. The molecule has 31 heteroatoms. The van der Waals surface area contributed by atoms with Crippen LogP contribution in [0.5, 0.6) is 5.75 Å². The van der Waals surface area contributed by atoms with Gasteiger partial charge >= 0.3 is 0 Å². The maximum absolute atomic E-state index is 13.9. The number of nitrogens with zero attached hydrogens (tertiary/aromatic N) is 2. The molecule has 1 aromatic carbocycles. The molecule has 3 rings (SSSR count). The number of carbonyl (C=O) groups is 11. The normalized spacial score (nSPS) is 23.8. The summed E-state index contributed by atoms with van der Waals surface area (Å²) in [6, 6.07) is -5.33. The van der Waals surface area contributed by atoms with Gasteiger partial charge in [0, 0.05) is 56.3 Å². The Balaban J connectivity index is 2.02. The Morgan fingerprint density at radius 2 is 1.35 bits per heavy atom. The lowest BCUT2D eigenvalue weighted by molar-refractivity contribution is -0.135. The summed E-state index contributed by atoms with van der Waals surface area (Å²) < 4.78 is 0. The fourth-order valence-corrected chi connectivity index (χ4v) is 9.41. The molecule has 18 N–H and O–H groups in total. The molecule has 77 heavy (non-hydrogen) atoms. The van der Waals surface area contributed by atoms with Crippen LogP contribution in [0.15, 0.2) is 41.8 Å². The summed E-state index contributed by atoms with van der Waals surface area (Å²) in [5.74, 6) is -10.3. The summed E-state index contributed by atoms with van der Waals surface area (Å²) in [5.41, 5.74) is 11.7. The van der Waals surface area contributed by atoms with E-state index in [4.69, 9.17) is 11.5 Å². The van der Waals surface area contributed by atoms with Gasteiger partial charge in [0.2, 0.25) is 65.0 Å². The molecule has 424 valence electrons. The first kappa shape index (κ1) is 63.6. The van der Waals surface area contributed by atoms with Gasteiger partial charge in [0.25, 0.3) is 0 Å². The first-order valence-electron chi connectivity index (χ1n) is 24.4. The predicted molar refractivity (Wildman–Crippen MR) is 282 cm³/mol. The van der Waals surface area contributed by atoms with Gasteiger partial charge in [-0.2, -0.15) is 0 Å². The van der Waals surface area contributed by atoms with Crippen LogP contribution in [0, 0.1) is 5.92 Å². The second-order valence-electron chi connectivity index (χ2n) is 17.8. The average molecular weight is 1120 g/mol. The average Bonchev–Trinajstić information content (AvgIpc) is 3.89. The minimum Gasteiger partial charge on any atom is -0.508 e. The number of amides is 11. The Bertz CT molecular complexity index is 2390. The largest absolute Gasteiger partial charge is 0.508 e. The van der Waals surface area contributed by atoms with Crippen LogP contribution in [-0.4, -0.2) is 184 Å². The Morgan fingerprint density at radius 3 is 1.96 bits per heavy atom. The van der Waals surface area contributed by atoms with E-state index in [0.29, 0.717) is 11.3 Å². The molecule has 0 radical (unpaired) electrons. The summed E-state index contributed by atoms with van der Waals surface area (Å²) in [7, 11) is 2.06. The van der Waals surface area contributed by atoms with Crippen molar-refractivity contribution in [3.63, 3.8) is 0 Å². The van der Waals surface area contributed by atoms with E-state index in [2.05, 4.69) is 73.4 Å². The number of aliphatic imine (C=N–C) groups is 1. The number of H-pyrrole nitrogens is 1. The summed E-state index contributed by atoms with van der Waals surface area (Å²) in [6.07, 6.45) is 2.40. The van der Waals surface area contributed by atoms with Crippen LogP contribution in [0.1, 0.15) is 58.7 Å². The first-order valence-corrected chi connectivity index (χ1v) is 26.9. The molecule has 11 amide bonds. The van der Waals surface area contributed by atoms with Crippen molar-refractivity contribution in [1.29, 1.82) is 0 Å². The second kappa shape index (κ2) is 32.7. The number of guanidine groups is 1. The SMILES string of the molecule is CCNC(=O)[C@@H]1CSSC[C@H](NC(C)=O)C(=O)N[C@@H](Cc2cnc[nH]2)C(=O)N[C@@H](CO)C(=O)NCC(=O)N[C@@H](Cc2ccc(O)cc2)C(=O)N[C@@H](C(C)C)C(=O)NCC(=O)N[C@@H](C)C(=O)N[C@@H](CCCN=C(N)N)C(=O)N1. The zero-order valence-electron chi connectivity index (χ0n) is 43.2. The van der Waals surface area contributed by atoms with Gasteiger partial charge in [-0.3, -0.25) is 57.7 Å². The van der Waals surface area contributed by atoms with Gasteiger partial charge in [-0.1, -0.05) is 47.6 Å². The first-order chi connectivity index (χ1) is 36.5. The fourth-order valence-electron chi connectivity index (χ4n) is 7.08. The number of aromatic amines is 1. The fraction of sp³-hybridized carbons (Fsp3) is 0.543. The van der Waals surface area contributed by atoms with Crippen molar-refractivity contribution in [2.24, 2.45) is 22.4 Å². The van der Waals surface area contributed by atoms with Gasteiger partial charge in [-0.15, -0.1) is 0 Å². The third-order valence-corrected chi connectivity index (χ3v) is 13.6. The smallest absolute Gasteiger partial charge is 0.245 e. The van der Waals surface area contributed by atoms with Crippen molar-refractivity contribution >= 4 is 92.5 Å². The van der Waals surface area contributed by atoms with Gasteiger partial charge in [-0.05, 0) is 50.3 Å². The monoisotopic (exact) mass is 1120 g/mol. The van der Waals surface area contributed by atoms with E-state index in [0.717, 1.165) is 28.5 Å². The van der Waals surface area contributed by atoms with E-state index in [1.165, 1.54) is 43.7 Å². The summed E-state index contributed by atoms with van der Waals surface area (Å²) >= 11 is 0. The molecule has 2 aromatic rings. The number of rotatable bonds is 13. The minimum absolute atomic E-state index is 0.0440. The highest BCUT2D eigenvalue weighted by Gasteiger charge is 2.34. The Labute approximate surface area is 451 Å². The van der Waals surface area contributed by atoms with Crippen LogP contribution < -0.4 is 70.0 Å². The highest BCUT2D eigenvalue weighted by atomic mass is 33.1. The molecular weight excluding hydrogens is 1050 g/mol. The molecular formula is C46H70N16O13S2. The van der Waals surface area contributed by atoms with E-state index in [9.17, 15) is 63.0 Å². The van der Waals surface area contributed by atoms with Crippen molar-refractivity contribution in [1.82, 2.24) is 68.5 Å². The van der Waals surface area contributed by atoms with Gasteiger partial charge < -0.3 is 85.1 Å². The zero-order chi connectivity index (χ0) is 57.2. The van der Waals surface area contributed by atoms with Crippen molar-refractivity contribution < 1.29 is 63.0 Å². The number of nitrogens with two attached hydrogens (primary N) is 2. The molecule has 0 unspecified atom stereocenters. The van der Waals surface area contributed by atoms with Gasteiger partial charge in [0.1, 0.15) is 54.1 Å². The van der Waals surface area contributed by atoms with Crippen molar-refractivity contribution in [2.45, 2.75) is 109 Å². The number of imidazole rings is 1. The molecule has 0 spiro atoms. The standard InChI is InChI=1S/C46H70N16O13S2/c1-6-50-40(70)33-20-76-77-21-34(56-25(5)64)44(74)59-31(15-27-16-49-22-54-27)42(72)60-32(19-63)39(69)52-18-36(67)57-30(14-26-9-11-28(65)12-10-26)43(73)62-37(23(2)3)45(75)53-17-35(66)55-24(4)38(68)58-29(41(71)61-33)8-7-13-51-46(47)48/h9-12,16,22-24,29-34,37,63,65H,6-8,13-15,17-21H2,1-5H3,(H,49,54)(H,50,70)(H,52,69)(H,53,75)(H,55,66)(H,56,64)(H,57,67)(H,58,68)(H,59,74)(H,60,72)(H,61,71)(H,62,73)(H4,47,48,51)/t24-,29-,30-,31-,32-,33-,34-,37-/m0/s1. The van der Waals surface area contributed by atoms with E-state index >= 15 is 0 Å². The summed E-state index contributed by atoms with van der Waals surface area (Å²) in [6.45, 7) is 5.11. The van der Waals surface area contributed by atoms with Crippen LogP contribution in [0.4, 0.5) is 0 Å². The van der Waals surface area contributed by atoms with Crippen molar-refractivity contribution in [3.8, 4) is 5.75 Å². The van der Waals surface area contributed by atoms with Crippen molar-refractivity contribution in [2.75, 3.05) is 44.3 Å². The summed E-state index contributed by atoms with van der Waals surface area (Å²) in [5, 5.41) is 47.6. The second-order valence-corrected chi connectivity index (χ2v) is 20.4. The number of nitrogens with one attached hydrogen (secondary N) is 12. The Kier molecular flexibility index (Phi) is 27.0. The molecule has 29 nitrogen and oxygen atoms in total. The molecule has 1 fully saturated rings. The van der Waals surface area contributed by atoms with Crippen LogP contribution in [0.2, 0.25) is 0 Å². The molecule has 0 bridgehead atoms.